The number of thiophene rings is 1. The molecule has 1 saturated heterocycles. The van der Waals surface area contributed by atoms with Crippen molar-refractivity contribution in [1.29, 1.82) is 0 Å². The van der Waals surface area contributed by atoms with E-state index >= 15 is 0 Å². The van der Waals surface area contributed by atoms with Crippen molar-refractivity contribution in [3.05, 3.63) is 86.9 Å². The number of hydrogen-bond acceptors (Lipinski definition) is 8. The largest absolute Gasteiger partial charge is 0.461 e. The second-order valence-corrected chi connectivity index (χ2v) is 11.2. The predicted octanol–water partition coefficient (Wildman–Crippen LogP) is 6.26. The number of carbonyl (C=O) groups is 2. The molecule has 0 N–H and O–H groups in total. The van der Waals surface area contributed by atoms with Crippen molar-refractivity contribution in [1.82, 2.24) is 0 Å². The highest BCUT2D eigenvalue weighted by Crippen LogP contribution is 2.59. The van der Waals surface area contributed by atoms with Crippen molar-refractivity contribution in [2.75, 3.05) is 16.5 Å². The SMILES string of the molecule is CCOC(=O)C1=NN(c2ccc(Cl)cc2)[C@]2(SC(=Cc3cccs3)C(=O)N2c2ccccc2)S1. The third-order valence-electron chi connectivity index (χ3n) is 4.98. The van der Waals surface area contributed by atoms with Crippen LogP contribution in [0.2, 0.25) is 5.02 Å². The topological polar surface area (TPSA) is 62.2 Å². The summed E-state index contributed by atoms with van der Waals surface area (Å²) in [5, 5.41) is 9.06. The van der Waals surface area contributed by atoms with Gasteiger partial charge < -0.3 is 4.74 Å². The van der Waals surface area contributed by atoms with Gasteiger partial charge in [0.15, 0.2) is 0 Å². The number of hydrogen-bond donors (Lipinski definition) is 0. The van der Waals surface area contributed by atoms with Crippen molar-refractivity contribution in [2.45, 2.75) is 11.3 Å². The van der Waals surface area contributed by atoms with Gasteiger partial charge in [-0.1, -0.05) is 47.6 Å². The first-order chi connectivity index (χ1) is 16.5. The summed E-state index contributed by atoms with van der Waals surface area (Å²) >= 11 is 10.2. The normalized spacial score (nSPS) is 20.9. The number of para-hydroxylation sites is 1. The third kappa shape index (κ3) is 4.13. The highest BCUT2D eigenvalue weighted by molar-refractivity contribution is 8.29. The van der Waals surface area contributed by atoms with Crippen LogP contribution in [0.5, 0.6) is 0 Å². The van der Waals surface area contributed by atoms with Gasteiger partial charge in [-0.2, -0.15) is 5.10 Å². The molecule has 3 aromatic rings. The number of rotatable bonds is 5. The van der Waals surface area contributed by atoms with E-state index in [1.165, 1.54) is 23.5 Å². The van der Waals surface area contributed by atoms with E-state index in [4.69, 9.17) is 16.3 Å². The standard InChI is InChI=1S/C24H18ClN3O3S3/c1-2-31-23(30)21-26-28(18-12-10-16(25)11-13-18)24(34-21)27(17-7-4-3-5-8-17)22(29)20(33-24)15-19-9-6-14-32-19/h3-15H,2H2,1H3/t24-/m1/s1. The van der Waals surface area contributed by atoms with E-state index in [0.29, 0.717) is 21.3 Å². The molecule has 2 aromatic carbocycles. The highest BCUT2D eigenvalue weighted by Gasteiger charge is 2.60. The van der Waals surface area contributed by atoms with E-state index in [1.807, 2.05) is 66.1 Å². The minimum absolute atomic E-state index is 0.170. The molecule has 2 aliphatic heterocycles. The third-order valence-corrected chi connectivity index (χ3v) is 8.75. The van der Waals surface area contributed by atoms with Crippen LogP contribution in [0.3, 0.4) is 0 Å². The number of carbonyl (C=O) groups excluding carboxylic acids is 2. The Morgan fingerprint density at radius 3 is 2.50 bits per heavy atom. The average molecular weight is 528 g/mol. The number of amides is 1. The molecule has 0 radical (unpaired) electrons. The van der Waals surface area contributed by atoms with E-state index in [9.17, 15) is 9.59 Å². The van der Waals surface area contributed by atoms with E-state index < -0.39 is 10.3 Å². The molecule has 1 fully saturated rings. The molecule has 6 nitrogen and oxygen atoms in total. The molecule has 5 rings (SSSR count). The van der Waals surface area contributed by atoms with Crippen molar-refractivity contribution in [3.8, 4) is 0 Å². The maximum absolute atomic E-state index is 13.8. The Morgan fingerprint density at radius 1 is 1.06 bits per heavy atom. The second kappa shape index (κ2) is 9.50. The van der Waals surface area contributed by atoms with E-state index in [0.717, 1.165) is 4.88 Å². The lowest BCUT2D eigenvalue weighted by atomic mass is 10.2. The second-order valence-electron chi connectivity index (χ2n) is 7.17. The predicted molar refractivity (Wildman–Crippen MR) is 142 cm³/mol. The van der Waals surface area contributed by atoms with E-state index in [1.54, 1.807) is 40.3 Å². The van der Waals surface area contributed by atoms with Crippen LogP contribution in [-0.2, 0) is 14.3 Å². The van der Waals surface area contributed by atoms with E-state index in [-0.39, 0.29) is 17.6 Å². The van der Waals surface area contributed by atoms with Crippen molar-refractivity contribution < 1.29 is 14.3 Å². The molecule has 172 valence electrons. The van der Waals surface area contributed by atoms with Crippen molar-refractivity contribution in [2.24, 2.45) is 5.10 Å². The first-order valence-electron chi connectivity index (χ1n) is 10.4. The molecule has 34 heavy (non-hydrogen) atoms. The number of ether oxygens (including phenoxy) is 1. The Kier molecular flexibility index (Phi) is 6.44. The lowest BCUT2D eigenvalue weighted by Crippen LogP contribution is -2.51. The van der Waals surface area contributed by atoms with Gasteiger partial charge in [-0.15, -0.1) is 11.3 Å². The quantitative estimate of drug-likeness (QED) is 0.288. The summed E-state index contributed by atoms with van der Waals surface area (Å²) in [7, 11) is 0. The molecule has 2 aliphatic rings. The van der Waals surface area contributed by atoms with E-state index in [2.05, 4.69) is 5.10 Å². The zero-order chi connectivity index (χ0) is 23.7. The van der Waals surface area contributed by atoms with Crippen LogP contribution in [-0.4, -0.2) is 27.9 Å². The Bertz CT molecular complexity index is 1280. The van der Waals surface area contributed by atoms with Crippen LogP contribution in [0.25, 0.3) is 6.08 Å². The van der Waals surface area contributed by atoms with Gasteiger partial charge in [-0.25, -0.2) is 9.80 Å². The fourth-order valence-corrected chi connectivity index (χ4v) is 7.27. The zero-order valence-corrected chi connectivity index (χ0v) is 21.1. The number of halogens is 1. The van der Waals surface area contributed by atoms with Gasteiger partial charge in [0, 0.05) is 15.6 Å². The summed E-state index contributed by atoms with van der Waals surface area (Å²) in [6.45, 7) is 1.97. The molecule has 0 aliphatic carbocycles. The monoisotopic (exact) mass is 527 g/mol. The summed E-state index contributed by atoms with van der Waals surface area (Å²) < 4.78 is 4.15. The first kappa shape index (κ1) is 23.0. The van der Waals surface area contributed by atoms with Crippen molar-refractivity contribution in [3.63, 3.8) is 0 Å². The summed E-state index contributed by atoms with van der Waals surface area (Å²) in [6, 6.07) is 20.4. The number of thioether (sulfide) groups is 2. The Morgan fingerprint density at radius 2 is 1.82 bits per heavy atom. The number of benzene rings is 2. The Labute approximate surface area is 214 Å². The molecule has 0 bridgehead atoms. The zero-order valence-electron chi connectivity index (χ0n) is 17.9. The summed E-state index contributed by atoms with van der Waals surface area (Å²) in [5.41, 5.74) is 1.39. The minimum Gasteiger partial charge on any atom is -0.461 e. The summed E-state index contributed by atoms with van der Waals surface area (Å²) in [6.07, 6.45) is 1.88. The molecule has 1 atom stereocenters. The molecular formula is C24H18ClN3O3S3. The van der Waals surface area contributed by atoms with Gasteiger partial charge >= 0.3 is 5.97 Å². The van der Waals surface area contributed by atoms with Gasteiger partial charge in [0.2, 0.25) is 9.37 Å². The summed E-state index contributed by atoms with van der Waals surface area (Å²) in [4.78, 5) is 29.8. The van der Waals surface area contributed by atoms with Gasteiger partial charge in [-0.05, 0) is 72.6 Å². The minimum atomic E-state index is -1.10. The first-order valence-corrected chi connectivity index (χ1v) is 13.3. The fourth-order valence-electron chi connectivity index (χ4n) is 3.55. The van der Waals surface area contributed by atoms with Gasteiger partial charge in [0.1, 0.15) is 0 Å². The van der Waals surface area contributed by atoms with Crippen LogP contribution in [0.1, 0.15) is 11.8 Å². The van der Waals surface area contributed by atoms with Crippen molar-refractivity contribution >= 4 is 80.8 Å². The molecule has 0 saturated carbocycles. The lowest BCUT2D eigenvalue weighted by molar-refractivity contribution is -0.134. The average Bonchev–Trinajstić information content (AvgIpc) is 3.55. The van der Waals surface area contributed by atoms with Crippen LogP contribution in [0, 0.1) is 0 Å². The number of nitrogens with zero attached hydrogens (tertiary/aromatic N) is 3. The molecular weight excluding hydrogens is 510 g/mol. The fraction of sp³-hybridized carbons (Fsp3) is 0.125. The number of anilines is 2. The maximum atomic E-state index is 13.8. The lowest BCUT2D eigenvalue weighted by Gasteiger charge is -2.38. The highest BCUT2D eigenvalue weighted by atomic mass is 35.5. The Hall–Kier alpha value is -2.72. The maximum Gasteiger partial charge on any atom is 0.365 e. The van der Waals surface area contributed by atoms with Crippen LogP contribution in [0.15, 0.2) is 82.1 Å². The van der Waals surface area contributed by atoms with Gasteiger partial charge in [0.05, 0.1) is 17.2 Å². The molecule has 10 heteroatoms. The van der Waals surface area contributed by atoms with Crippen LogP contribution >= 0.6 is 46.5 Å². The molecule has 1 aromatic heterocycles. The number of esters is 1. The van der Waals surface area contributed by atoms with Crippen LogP contribution in [0.4, 0.5) is 11.4 Å². The van der Waals surface area contributed by atoms with Crippen LogP contribution < -0.4 is 9.91 Å². The molecule has 1 amide bonds. The number of hydrazone groups is 1. The molecule has 3 heterocycles. The molecule has 1 spiro atoms. The molecule has 0 unspecified atom stereocenters. The summed E-state index contributed by atoms with van der Waals surface area (Å²) in [5.74, 6) is -0.698. The smallest absolute Gasteiger partial charge is 0.365 e. The van der Waals surface area contributed by atoms with Gasteiger partial charge in [0.25, 0.3) is 5.91 Å². The van der Waals surface area contributed by atoms with Gasteiger partial charge in [-0.3, -0.25) is 9.69 Å². The Balaban J connectivity index is 1.67.